The monoisotopic (exact) mass is 539 g/mol. The Morgan fingerprint density at radius 3 is 2.47 bits per heavy atom. The average Bonchev–Trinajstić information content (AvgIpc) is 3.34. The number of hydrazone groups is 1. The highest BCUT2D eigenvalue weighted by molar-refractivity contribution is 6.30. The van der Waals surface area contributed by atoms with Gasteiger partial charge in [-0.3, -0.25) is 9.69 Å². The first kappa shape index (κ1) is 28.1. The zero-order valence-corrected chi connectivity index (χ0v) is 23.5. The van der Waals surface area contributed by atoms with Gasteiger partial charge in [-0.1, -0.05) is 35.9 Å². The Balaban J connectivity index is 1.57. The Morgan fingerprint density at radius 2 is 1.82 bits per heavy atom. The number of morpholine rings is 1. The second-order valence-corrected chi connectivity index (χ2v) is 10.8. The maximum atomic E-state index is 13.8. The summed E-state index contributed by atoms with van der Waals surface area (Å²) in [5, 5.41) is 9.95. The summed E-state index contributed by atoms with van der Waals surface area (Å²) in [6.45, 7) is 12.1. The number of benzene rings is 2. The number of carbonyl (C=O) groups is 2. The molecule has 1 N–H and O–H groups in total. The number of nitrogens with zero attached hydrogens (tertiary/aromatic N) is 4. The largest absolute Gasteiger partial charge is 0.379 e. The van der Waals surface area contributed by atoms with Crippen LogP contribution >= 0.6 is 11.6 Å². The van der Waals surface area contributed by atoms with Crippen LogP contribution in [0.15, 0.2) is 47.6 Å². The maximum absolute atomic E-state index is 13.8. The third-order valence-electron chi connectivity index (χ3n) is 7.08. The van der Waals surface area contributed by atoms with Crippen LogP contribution in [0.25, 0.3) is 0 Å². The molecule has 9 heteroatoms. The van der Waals surface area contributed by atoms with Gasteiger partial charge in [0.2, 0.25) is 0 Å². The summed E-state index contributed by atoms with van der Waals surface area (Å²) in [6, 6.07) is 13.2. The molecule has 2 heterocycles. The van der Waals surface area contributed by atoms with Crippen molar-refractivity contribution in [2.45, 2.75) is 46.2 Å². The number of halogens is 1. The quantitative estimate of drug-likeness (QED) is 0.540. The molecule has 3 amide bonds. The highest BCUT2D eigenvalue weighted by Crippen LogP contribution is 2.34. The van der Waals surface area contributed by atoms with E-state index in [0.717, 1.165) is 29.9 Å². The lowest BCUT2D eigenvalue weighted by Gasteiger charge is -2.31. The molecule has 0 aliphatic carbocycles. The normalized spacial score (nSPS) is 18.0. The third-order valence-corrected chi connectivity index (χ3v) is 7.33. The fourth-order valence-electron chi connectivity index (χ4n) is 4.69. The maximum Gasteiger partial charge on any atom is 0.318 e. The van der Waals surface area contributed by atoms with E-state index in [4.69, 9.17) is 21.4 Å². The number of aryl methyl sites for hydroxylation is 2. The van der Waals surface area contributed by atoms with E-state index in [2.05, 4.69) is 42.3 Å². The molecule has 0 unspecified atom stereocenters. The molecule has 1 atom stereocenters. The van der Waals surface area contributed by atoms with E-state index in [0.29, 0.717) is 37.7 Å². The van der Waals surface area contributed by atoms with E-state index in [9.17, 15) is 9.59 Å². The Labute approximate surface area is 230 Å². The van der Waals surface area contributed by atoms with Crippen LogP contribution in [0.2, 0.25) is 5.02 Å². The van der Waals surface area contributed by atoms with Crippen LogP contribution < -0.4 is 5.32 Å². The summed E-state index contributed by atoms with van der Waals surface area (Å²) in [5.74, 6) is -0.218. The van der Waals surface area contributed by atoms with Crippen molar-refractivity contribution in [2.75, 3.05) is 45.9 Å². The average molecular weight is 540 g/mol. The minimum atomic E-state index is -0.273. The van der Waals surface area contributed by atoms with Gasteiger partial charge in [0.1, 0.15) is 6.54 Å². The highest BCUT2D eigenvalue weighted by Gasteiger charge is 2.34. The minimum absolute atomic E-state index is 0.0357. The number of rotatable bonds is 8. The Hall–Kier alpha value is -2.94. The van der Waals surface area contributed by atoms with Gasteiger partial charge >= 0.3 is 6.03 Å². The van der Waals surface area contributed by atoms with E-state index in [1.165, 1.54) is 11.1 Å². The zero-order valence-electron chi connectivity index (χ0n) is 22.7. The fraction of sp³-hybridized carbons (Fsp3) is 0.483. The summed E-state index contributed by atoms with van der Waals surface area (Å²) in [6.07, 6.45) is 0.585. The SMILES string of the molecule is Cc1ccc(C2=NN(C(=O)CN(CCN3CCOCC3)C(=O)NC(C)C)[C@H](c3ccc(Cl)cc3)C2)cc1C. The van der Waals surface area contributed by atoms with E-state index in [1.807, 2.05) is 38.1 Å². The lowest BCUT2D eigenvalue weighted by Crippen LogP contribution is -2.50. The lowest BCUT2D eigenvalue weighted by molar-refractivity contribution is -0.133. The number of ether oxygens (including phenoxy) is 1. The number of nitrogens with one attached hydrogen (secondary N) is 1. The van der Waals surface area contributed by atoms with Gasteiger partial charge < -0.3 is 15.0 Å². The van der Waals surface area contributed by atoms with Crippen LogP contribution in [0.1, 0.15) is 48.6 Å². The van der Waals surface area contributed by atoms with Gasteiger partial charge in [-0.2, -0.15) is 5.10 Å². The van der Waals surface area contributed by atoms with Gasteiger partial charge in [-0.15, -0.1) is 0 Å². The molecular formula is C29H38ClN5O3. The molecule has 2 aromatic carbocycles. The molecule has 4 rings (SSSR count). The van der Waals surface area contributed by atoms with Crippen molar-refractivity contribution in [1.29, 1.82) is 0 Å². The predicted molar refractivity (Wildman–Crippen MR) is 151 cm³/mol. The smallest absolute Gasteiger partial charge is 0.318 e. The number of carbonyl (C=O) groups excluding carboxylic acids is 2. The van der Waals surface area contributed by atoms with Crippen molar-refractivity contribution in [3.05, 3.63) is 69.7 Å². The molecule has 1 fully saturated rings. The summed E-state index contributed by atoms with van der Waals surface area (Å²) in [5.41, 5.74) is 5.20. The summed E-state index contributed by atoms with van der Waals surface area (Å²) in [7, 11) is 0. The minimum Gasteiger partial charge on any atom is -0.379 e. The van der Waals surface area contributed by atoms with Crippen molar-refractivity contribution >= 4 is 29.3 Å². The van der Waals surface area contributed by atoms with Crippen molar-refractivity contribution < 1.29 is 14.3 Å². The van der Waals surface area contributed by atoms with Crippen molar-refractivity contribution in [3.63, 3.8) is 0 Å². The zero-order chi connectivity index (χ0) is 27.2. The van der Waals surface area contributed by atoms with E-state index in [1.54, 1.807) is 9.91 Å². The van der Waals surface area contributed by atoms with Gasteiger partial charge in [-0.05, 0) is 68.1 Å². The molecule has 204 valence electrons. The molecule has 0 radical (unpaired) electrons. The van der Waals surface area contributed by atoms with Gasteiger partial charge in [0.25, 0.3) is 5.91 Å². The number of urea groups is 1. The van der Waals surface area contributed by atoms with Crippen LogP contribution in [0.4, 0.5) is 4.79 Å². The Morgan fingerprint density at radius 1 is 1.11 bits per heavy atom. The van der Waals surface area contributed by atoms with Gasteiger partial charge in [0, 0.05) is 43.7 Å². The number of hydrogen-bond donors (Lipinski definition) is 1. The first-order chi connectivity index (χ1) is 18.2. The number of hydrogen-bond acceptors (Lipinski definition) is 5. The molecule has 1 saturated heterocycles. The van der Waals surface area contributed by atoms with Crippen LogP contribution in [0, 0.1) is 13.8 Å². The standard InChI is InChI=1S/C29H38ClN5O3/c1-20(2)31-29(37)34(12-11-33-13-15-38-16-14-33)19-28(36)35-27(23-7-9-25(30)10-8-23)18-26(32-35)24-6-5-21(3)22(4)17-24/h5-10,17,20,27H,11-16,18-19H2,1-4H3,(H,31,37)/t27-/m0/s1. The first-order valence-corrected chi connectivity index (χ1v) is 13.7. The molecule has 38 heavy (non-hydrogen) atoms. The first-order valence-electron chi connectivity index (χ1n) is 13.3. The molecule has 8 nitrogen and oxygen atoms in total. The van der Waals surface area contributed by atoms with Crippen LogP contribution in [0.3, 0.4) is 0 Å². The topological polar surface area (TPSA) is 77.5 Å². The summed E-state index contributed by atoms with van der Waals surface area (Å²) >= 11 is 6.15. The van der Waals surface area contributed by atoms with Crippen LogP contribution in [-0.4, -0.2) is 84.4 Å². The van der Waals surface area contributed by atoms with Gasteiger partial charge in [-0.25, -0.2) is 9.80 Å². The van der Waals surface area contributed by atoms with Crippen molar-refractivity contribution in [1.82, 2.24) is 20.1 Å². The molecule has 2 aliphatic heterocycles. The van der Waals surface area contributed by atoms with E-state index >= 15 is 0 Å². The Bertz CT molecular complexity index is 1160. The van der Waals surface area contributed by atoms with Gasteiger partial charge in [0.15, 0.2) is 0 Å². The van der Waals surface area contributed by atoms with Gasteiger partial charge in [0.05, 0.1) is 25.0 Å². The predicted octanol–water partition coefficient (Wildman–Crippen LogP) is 4.39. The number of amides is 3. The van der Waals surface area contributed by atoms with Crippen molar-refractivity contribution in [3.8, 4) is 0 Å². The second kappa shape index (κ2) is 12.7. The Kier molecular flexibility index (Phi) is 9.41. The highest BCUT2D eigenvalue weighted by atomic mass is 35.5. The molecule has 0 saturated carbocycles. The van der Waals surface area contributed by atoms with Crippen LogP contribution in [0.5, 0.6) is 0 Å². The molecule has 0 aromatic heterocycles. The second-order valence-electron chi connectivity index (χ2n) is 10.3. The van der Waals surface area contributed by atoms with Crippen molar-refractivity contribution in [2.24, 2.45) is 5.10 Å². The molecule has 2 aliphatic rings. The summed E-state index contributed by atoms with van der Waals surface area (Å²) in [4.78, 5) is 30.7. The molecular weight excluding hydrogens is 502 g/mol. The lowest BCUT2D eigenvalue weighted by atomic mass is 9.96. The summed E-state index contributed by atoms with van der Waals surface area (Å²) < 4.78 is 5.44. The molecule has 0 bridgehead atoms. The molecule has 2 aromatic rings. The van der Waals surface area contributed by atoms with E-state index in [-0.39, 0.29) is 30.6 Å². The van der Waals surface area contributed by atoms with Crippen LogP contribution in [-0.2, 0) is 9.53 Å². The fourth-order valence-corrected chi connectivity index (χ4v) is 4.82. The van der Waals surface area contributed by atoms with E-state index < -0.39 is 0 Å². The third kappa shape index (κ3) is 7.12. The molecule has 0 spiro atoms.